The molecule has 110 valence electrons. The van der Waals surface area contributed by atoms with Gasteiger partial charge in [0.05, 0.1) is 17.3 Å². The van der Waals surface area contributed by atoms with Crippen LogP contribution >= 0.6 is 11.3 Å². The standard InChI is InChI=1S/C15H11N3O3S/c1-21-14(20)11-7-4-6-10(16-11)13(19)18-15-17-9-5-2-3-8-12(9)22-15/h2-8H,1H3,(H,17,18,19). The van der Waals surface area contributed by atoms with E-state index in [0.717, 1.165) is 10.2 Å². The van der Waals surface area contributed by atoms with Crippen LogP contribution in [0.15, 0.2) is 42.5 Å². The summed E-state index contributed by atoms with van der Waals surface area (Å²) in [6, 6.07) is 12.2. The molecule has 3 aromatic rings. The molecule has 1 amide bonds. The largest absolute Gasteiger partial charge is 0.464 e. The normalized spacial score (nSPS) is 10.4. The molecule has 6 nitrogen and oxygen atoms in total. The van der Waals surface area contributed by atoms with Crippen molar-refractivity contribution in [1.82, 2.24) is 9.97 Å². The molecule has 2 aromatic heterocycles. The van der Waals surface area contributed by atoms with E-state index in [4.69, 9.17) is 0 Å². The zero-order valence-electron chi connectivity index (χ0n) is 11.6. The predicted molar refractivity (Wildman–Crippen MR) is 83.1 cm³/mol. The van der Waals surface area contributed by atoms with E-state index in [-0.39, 0.29) is 11.4 Å². The third kappa shape index (κ3) is 2.79. The lowest BCUT2D eigenvalue weighted by Gasteiger charge is -2.03. The van der Waals surface area contributed by atoms with E-state index in [9.17, 15) is 9.59 Å². The molecular weight excluding hydrogens is 302 g/mol. The summed E-state index contributed by atoms with van der Waals surface area (Å²) < 4.78 is 5.57. The number of nitrogens with one attached hydrogen (secondary N) is 1. The van der Waals surface area contributed by atoms with Gasteiger partial charge in [-0.1, -0.05) is 29.5 Å². The van der Waals surface area contributed by atoms with Crippen molar-refractivity contribution in [3.8, 4) is 0 Å². The lowest BCUT2D eigenvalue weighted by atomic mass is 10.3. The number of para-hydroxylation sites is 1. The molecule has 0 spiro atoms. The minimum absolute atomic E-state index is 0.0828. The first kappa shape index (κ1) is 14.2. The van der Waals surface area contributed by atoms with Crippen molar-refractivity contribution in [2.45, 2.75) is 0 Å². The number of carbonyl (C=O) groups is 2. The topological polar surface area (TPSA) is 81.2 Å². The summed E-state index contributed by atoms with van der Waals surface area (Å²) in [7, 11) is 1.26. The number of aromatic nitrogens is 2. The molecule has 2 heterocycles. The molecule has 0 aliphatic carbocycles. The monoisotopic (exact) mass is 313 g/mol. The van der Waals surface area contributed by atoms with Crippen LogP contribution in [0.25, 0.3) is 10.2 Å². The number of rotatable bonds is 3. The summed E-state index contributed by atoms with van der Waals surface area (Å²) in [5.41, 5.74) is 1.03. The van der Waals surface area contributed by atoms with Crippen LogP contribution in [-0.2, 0) is 4.74 Å². The summed E-state index contributed by atoms with van der Waals surface area (Å²) in [6.07, 6.45) is 0. The first-order valence-electron chi connectivity index (χ1n) is 6.39. The fraction of sp³-hybridized carbons (Fsp3) is 0.0667. The summed E-state index contributed by atoms with van der Waals surface area (Å²) in [5, 5.41) is 3.17. The SMILES string of the molecule is COC(=O)c1cccc(C(=O)Nc2nc3ccccc3s2)n1. The van der Waals surface area contributed by atoms with E-state index in [2.05, 4.69) is 20.0 Å². The number of fused-ring (bicyclic) bond motifs is 1. The first-order chi connectivity index (χ1) is 10.7. The second kappa shape index (κ2) is 5.90. The fourth-order valence-electron chi connectivity index (χ4n) is 1.87. The third-order valence-corrected chi connectivity index (χ3v) is 3.84. The van der Waals surface area contributed by atoms with Crippen LogP contribution in [0, 0.1) is 0 Å². The lowest BCUT2D eigenvalue weighted by Crippen LogP contribution is -2.15. The third-order valence-electron chi connectivity index (χ3n) is 2.89. The van der Waals surface area contributed by atoms with Crippen molar-refractivity contribution >= 4 is 38.6 Å². The van der Waals surface area contributed by atoms with Crippen LogP contribution in [0.4, 0.5) is 5.13 Å². The zero-order valence-corrected chi connectivity index (χ0v) is 12.4. The van der Waals surface area contributed by atoms with Crippen molar-refractivity contribution in [1.29, 1.82) is 0 Å². The molecule has 0 saturated heterocycles. The summed E-state index contributed by atoms with van der Waals surface area (Å²) in [6.45, 7) is 0. The Bertz CT molecular complexity index is 827. The maximum absolute atomic E-state index is 12.2. The van der Waals surface area contributed by atoms with E-state index >= 15 is 0 Å². The Labute approximate surface area is 129 Å². The molecule has 0 radical (unpaired) electrons. The van der Waals surface area contributed by atoms with Gasteiger partial charge < -0.3 is 4.74 Å². The van der Waals surface area contributed by atoms with Crippen molar-refractivity contribution in [2.75, 3.05) is 12.4 Å². The highest BCUT2D eigenvalue weighted by Gasteiger charge is 2.14. The molecule has 0 fully saturated rings. The summed E-state index contributed by atoms with van der Waals surface area (Å²) in [4.78, 5) is 31.9. The van der Waals surface area contributed by atoms with Crippen LogP contribution < -0.4 is 5.32 Å². The molecule has 0 aliphatic heterocycles. The highest BCUT2D eigenvalue weighted by molar-refractivity contribution is 7.22. The molecule has 0 bridgehead atoms. The number of hydrogen-bond acceptors (Lipinski definition) is 6. The number of amides is 1. The Morgan fingerprint density at radius 2 is 1.82 bits per heavy atom. The van der Waals surface area contributed by atoms with Crippen LogP contribution in [-0.4, -0.2) is 29.0 Å². The molecule has 22 heavy (non-hydrogen) atoms. The molecule has 0 atom stereocenters. The number of esters is 1. The fourth-order valence-corrected chi connectivity index (χ4v) is 2.73. The smallest absolute Gasteiger partial charge is 0.356 e. The Balaban J connectivity index is 1.83. The van der Waals surface area contributed by atoms with Crippen molar-refractivity contribution in [3.05, 3.63) is 53.9 Å². The minimum atomic E-state index is -0.588. The van der Waals surface area contributed by atoms with Gasteiger partial charge in [-0.15, -0.1) is 0 Å². The average molecular weight is 313 g/mol. The Hall–Kier alpha value is -2.80. The van der Waals surface area contributed by atoms with Crippen molar-refractivity contribution in [2.24, 2.45) is 0 Å². The van der Waals surface area contributed by atoms with E-state index < -0.39 is 11.9 Å². The Kier molecular flexibility index (Phi) is 3.80. The molecule has 7 heteroatoms. The van der Waals surface area contributed by atoms with E-state index in [1.165, 1.54) is 30.6 Å². The Morgan fingerprint density at radius 1 is 1.05 bits per heavy atom. The van der Waals surface area contributed by atoms with Gasteiger partial charge in [0.2, 0.25) is 0 Å². The maximum Gasteiger partial charge on any atom is 0.356 e. The second-order valence-corrected chi connectivity index (χ2v) is 5.37. The molecule has 0 unspecified atom stereocenters. The number of benzene rings is 1. The number of pyridine rings is 1. The average Bonchev–Trinajstić information content (AvgIpc) is 2.96. The molecule has 1 N–H and O–H groups in total. The number of nitrogens with zero attached hydrogens (tertiary/aromatic N) is 2. The maximum atomic E-state index is 12.2. The summed E-state index contributed by atoms with van der Waals surface area (Å²) in [5.74, 6) is -1.01. The number of thiazole rings is 1. The lowest BCUT2D eigenvalue weighted by molar-refractivity contribution is 0.0594. The van der Waals surface area contributed by atoms with Gasteiger partial charge in [-0.3, -0.25) is 10.1 Å². The highest BCUT2D eigenvalue weighted by atomic mass is 32.1. The van der Waals surface area contributed by atoms with Gasteiger partial charge in [-0.2, -0.15) is 0 Å². The molecule has 0 saturated carbocycles. The number of carbonyl (C=O) groups excluding carboxylic acids is 2. The predicted octanol–water partition coefficient (Wildman–Crippen LogP) is 2.73. The van der Waals surface area contributed by atoms with Crippen LogP contribution in [0.2, 0.25) is 0 Å². The van der Waals surface area contributed by atoms with Gasteiger partial charge >= 0.3 is 5.97 Å². The van der Waals surface area contributed by atoms with Gasteiger partial charge in [0.25, 0.3) is 5.91 Å². The van der Waals surface area contributed by atoms with Gasteiger partial charge in [-0.25, -0.2) is 14.8 Å². The van der Waals surface area contributed by atoms with Gasteiger partial charge in [-0.05, 0) is 24.3 Å². The van der Waals surface area contributed by atoms with Gasteiger partial charge in [0.15, 0.2) is 5.13 Å². The number of ether oxygens (including phenoxy) is 1. The molecule has 0 aliphatic rings. The minimum Gasteiger partial charge on any atom is -0.464 e. The number of hydrogen-bond donors (Lipinski definition) is 1. The number of anilines is 1. The highest BCUT2D eigenvalue weighted by Crippen LogP contribution is 2.25. The van der Waals surface area contributed by atoms with Crippen molar-refractivity contribution < 1.29 is 14.3 Å². The van der Waals surface area contributed by atoms with Gasteiger partial charge in [0, 0.05) is 0 Å². The van der Waals surface area contributed by atoms with Crippen LogP contribution in [0.5, 0.6) is 0 Å². The van der Waals surface area contributed by atoms with Crippen LogP contribution in [0.1, 0.15) is 21.0 Å². The quantitative estimate of drug-likeness (QED) is 0.752. The molecule has 1 aromatic carbocycles. The second-order valence-electron chi connectivity index (χ2n) is 4.34. The summed E-state index contributed by atoms with van der Waals surface area (Å²) >= 11 is 1.37. The van der Waals surface area contributed by atoms with E-state index in [1.54, 1.807) is 6.07 Å². The Morgan fingerprint density at radius 3 is 2.59 bits per heavy atom. The van der Waals surface area contributed by atoms with E-state index in [0.29, 0.717) is 5.13 Å². The van der Waals surface area contributed by atoms with Crippen LogP contribution in [0.3, 0.4) is 0 Å². The number of methoxy groups -OCH3 is 1. The van der Waals surface area contributed by atoms with Gasteiger partial charge in [0.1, 0.15) is 11.4 Å². The first-order valence-corrected chi connectivity index (χ1v) is 7.21. The molecule has 3 rings (SSSR count). The zero-order chi connectivity index (χ0) is 15.5. The van der Waals surface area contributed by atoms with Crippen molar-refractivity contribution in [3.63, 3.8) is 0 Å². The molecular formula is C15H11N3O3S. The van der Waals surface area contributed by atoms with E-state index in [1.807, 2.05) is 24.3 Å².